The van der Waals surface area contributed by atoms with E-state index in [0.29, 0.717) is 6.54 Å². The summed E-state index contributed by atoms with van der Waals surface area (Å²) in [6.45, 7) is 0.0283. The number of thiophene rings is 1. The summed E-state index contributed by atoms with van der Waals surface area (Å²) in [4.78, 5) is 22.4. The van der Waals surface area contributed by atoms with Crippen LogP contribution in [0.2, 0.25) is 0 Å². The number of carbonyl (C=O) groups is 2. The predicted octanol–water partition coefficient (Wildman–Crippen LogP) is 0.755. The molecule has 0 aliphatic heterocycles. The summed E-state index contributed by atoms with van der Waals surface area (Å²) in [7, 11) is 0. The molecule has 0 spiro atoms. The molecule has 8 heteroatoms. The van der Waals surface area contributed by atoms with Gasteiger partial charge in [-0.1, -0.05) is 0 Å². The van der Waals surface area contributed by atoms with Crippen LogP contribution in [0.5, 0.6) is 0 Å². The molecule has 1 heterocycles. The van der Waals surface area contributed by atoms with Gasteiger partial charge in [0.2, 0.25) is 0 Å². The largest absolute Gasteiger partial charge is 0.479 e. The van der Waals surface area contributed by atoms with Crippen LogP contribution < -0.4 is 10.6 Å². The van der Waals surface area contributed by atoms with Crippen LogP contribution in [0, 0.1) is 0 Å². The van der Waals surface area contributed by atoms with E-state index in [0.717, 1.165) is 9.35 Å². The maximum absolute atomic E-state index is 11.2. The molecule has 94 valence electrons. The summed E-state index contributed by atoms with van der Waals surface area (Å²) in [5.41, 5.74) is 0. The van der Waals surface area contributed by atoms with E-state index in [9.17, 15) is 9.59 Å². The lowest BCUT2D eigenvalue weighted by molar-refractivity contribution is -0.146. The molecule has 0 saturated carbocycles. The Morgan fingerprint density at radius 3 is 2.71 bits per heavy atom. The molecule has 0 radical (unpaired) electrons. The minimum Gasteiger partial charge on any atom is -0.479 e. The standard InChI is InChI=1S/C9H11BrN2O4S/c10-5-1-6(17-4-5)2-11-9(16)12-3-7(13)8(14)15/h1,4,7,13H,2-3H2,(H,14,15)(H2,11,12,16). The first kappa shape index (κ1) is 13.9. The maximum Gasteiger partial charge on any atom is 0.334 e. The first-order valence-corrected chi connectivity index (χ1v) is 6.32. The average Bonchev–Trinajstić information content (AvgIpc) is 2.69. The smallest absolute Gasteiger partial charge is 0.334 e. The van der Waals surface area contributed by atoms with E-state index in [1.54, 1.807) is 0 Å². The van der Waals surface area contributed by atoms with Gasteiger partial charge in [0.15, 0.2) is 6.10 Å². The van der Waals surface area contributed by atoms with Gasteiger partial charge >= 0.3 is 12.0 Å². The molecule has 0 fully saturated rings. The number of nitrogens with one attached hydrogen (secondary N) is 2. The predicted molar refractivity (Wildman–Crippen MR) is 65.9 cm³/mol. The number of urea groups is 1. The van der Waals surface area contributed by atoms with Gasteiger partial charge in [-0.2, -0.15) is 0 Å². The van der Waals surface area contributed by atoms with Crippen LogP contribution in [-0.2, 0) is 11.3 Å². The Balaban J connectivity index is 2.24. The SMILES string of the molecule is O=C(NCc1cc(Br)cs1)NCC(O)C(=O)O. The second kappa shape index (κ2) is 6.58. The molecular weight excluding hydrogens is 312 g/mol. The molecule has 0 aliphatic carbocycles. The lowest BCUT2D eigenvalue weighted by atomic mass is 10.4. The highest BCUT2D eigenvalue weighted by molar-refractivity contribution is 9.10. The Kier molecular flexibility index (Phi) is 5.39. The van der Waals surface area contributed by atoms with E-state index in [2.05, 4.69) is 26.6 Å². The van der Waals surface area contributed by atoms with Gasteiger partial charge in [-0.15, -0.1) is 11.3 Å². The van der Waals surface area contributed by atoms with Crippen molar-refractivity contribution in [2.45, 2.75) is 12.6 Å². The normalized spacial score (nSPS) is 11.9. The number of aliphatic hydroxyl groups is 1. The minimum atomic E-state index is -1.59. The molecule has 0 aliphatic rings. The highest BCUT2D eigenvalue weighted by atomic mass is 79.9. The number of hydrogen-bond donors (Lipinski definition) is 4. The molecule has 0 aromatic carbocycles. The summed E-state index contributed by atoms with van der Waals surface area (Å²) in [6, 6.07) is 1.35. The van der Waals surface area contributed by atoms with Crippen molar-refractivity contribution in [3.05, 3.63) is 20.8 Å². The van der Waals surface area contributed by atoms with Crippen molar-refractivity contribution in [1.29, 1.82) is 0 Å². The Morgan fingerprint density at radius 2 is 2.18 bits per heavy atom. The highest BCUT2D eigenvalue weighted by Crippen LogP contribution is 2.19. The van der Waals surface area contributed by atoms with Crippen molar-refractivity contribution in [2.75, 3.05) is 6.54 Å². The number of aliphatic hydroxyl groups excluding tert-OH is 1. The summed E-state index contributed by atoms with van der Waals surface area (Å²) in [5, 5.41) is 24.0. The van der Waals surface area contributed by atoms with Crippen LogP contribution in [0.25, 0.3) is 0 Å². The van der Waals surface area contributed by atoms with Crippen molar-refractivity contribution in [1.82, 2.24) is 10.6 Å². The summed E-state index contributed by atoms with van der Waals surface area (Å²) >= 11 is 4.78. The number of carboxylic acids is 1. The lowest BCUT2D eigenvalue weighted by Crippen LogP contribution is -2.41. The number of carbonyl (C=O) groups excluding carboxylic acids is 1. The molecule has 1 aromatic rings. The van der Waals surface area contributed by atoms with E-state index < -0.39 is 18.1 Å². The molecule has 1 atom stereocenters. The topological polar surface area (TPSA) is 98.7 Å². The number of carboxylic acid groups (broad SMARTS) is 1. The lowest BCUT2D eigenvalue weighted by Gasteiger charge is -2.08. The third kappa shape index (κ3) is 5.16. The second-order valence-electron chi connectivity index (χ2n) is 3.15. The first-order valence-electron chi connectivity index (χ1n) is 4.64. The van der Waals surface area contributed by atoms with Gasteiger partial charge in [-0.25, -0.2) is 9.59 Å². The quantitative estimate of drug-likeness (QED) is 0.643. The third-order valence-corrected chi connectivity index (χ3v) is 3.48. The van der Waals surface area contributed by atoms with Crippen LogP contribution in [0.1, 0.15) is 4.88 Å². The molecular formula is C9H11BrN2O4S. The van der Waals surface area contributed by atoms with Crippen molar-refractivity contribution >= 4 is 39.3 Å². The van der Waals surface area contributed by atoms with E-state index >= 15 is 0 Å². The average molecular weight is 323 g/mol. The fourth-order valence-corrected chi connectivity index (χ4v) is 2.34. The number of hydrogen-bond acceptors (Lipinski definition) is 4. The summed E-state index contributed by atoms with van der Waals surface area (Å²) < 4.78 is 0.945. The fourth-order valence-electron chi connectivity index (χ4n) is 0.953. The van der Waals surface area contributed by atoms with Gasteiger partial charge in [0.05, 0.1) is 13.1 Å². The van der Waals surface area contributed by atoms with Crippen LogP contribution in [0.3, 0.4) is 0 Å². The van der Waals surface area contributed by atoms with Crippen molar-refractivity contribution in [2.24, 2.45) is 0 Å². The van der Waals surface area contributed by atoms with E-state index in [4.69, 9.17) is 10.2 Å². The molecule has 4 N–H and O–H groups in total. The van der Waals surface area contributed by atoms with Gasteiger partial charge in [0.1, 0.15) is 0 Å². The Hall–Kier alpha value is -1.12. The number of halogens is 1. The monoisotopic (exact) mass is 322 g/mol. The van der Waals surface area contributed by atoms with E-state index in [-0.39, 0.29) is 6.54 Å². The molecule has 2 amide bonds. The molecule has 1 aromatic heterocycles. The number of amides is 2. The Bertz CT molecular complexity index is 409. The molecule has 17 heavy (non-hydrogen) atoms. The first-order chi connectivity index (χ1) is 7.99. The van der Waals surface area contributed by atoms with Gasteiger partial charge in [0, 0.05) is 14.7 Å². The maximum atomic E-state index is 11.2. The zero-order valence-electron chi connectivity index (χ0n) is 8.64. The van der Waals surface area contributed by atoms with Crippen LogP contribution in [-0.4, -0.2) is 34.9 Å². The molecule has 1 rings (SSSR count). The van der Waals surface area contributed by atoms with Gasteiger partial charge in [-0.05, 0) is 22.0 Å². The van der Waals surface area contributed by atoms with Crippen molar-refractivity contribution < 1.29 is 19.8 Å². The Labute approximate surface area is 110 Å². The zero-order chi connectivity index (χ0) is 12.8. The molecule has 0 saturated heterocycles. The summed E-state index contributed by atoms with van der Waals surface area (Å²) in [5.74, 6) is -1.37. The van der Waals surface area contributed by atoms with Gasteiger partial charge in [-0.3, -0.25) is 0 Å². The second-order valence-corrected chi connectivity index (χ2v) is 5.06. The number of rotatable bonds is 5. The molecule has 6 nitrogen and oxygen atoms in total. The van der Waals surface area contributed by atoms with Gasteiger partial charge < -0.3 is 20.8 Å². The van der Waals surface area contributed by atoms with Crippen LogP contribution >= 0.6 is 27.3 Å². The van der Waals surface area contributed by atoms with Gasteiger partial charge in [0.25, 0.3) is 0 Å². The van der Waals surface area contributed by atoms with Crippen LogP contribution in [0.4, 0.5) is 4.79 Å². The van der Waals surface area contributed by atoms with E-state index in [1.165, 1.54) is 11.3 Å². The fraction of sp³-hybridized carbons (Fsp3) is 0.333. The van der Waals surface area contributed by atoms with Crippen molar-refractivity contribution in [3.63, 3.8) is 0 Å². The van der Waals surface area contributed by atoms with Crippen LogP contribution in [0.15, 0.2) is 15.9 Å². The molecule has 1 unspecified atom stereocenters. The third-order valence-electron chi connectivity index (χ3n) is 1.79. The summed E-state index contributed by atoms with van der Waals surface area (Å²) in [6.07, 6.45) is -1.59. The molecule has 0 bridgehead atoms. The van der Waals surface area contributed by atoms with Crippen molar-refractivity contribution in [3.8, 4) is 0 Å². The highest BCUT2D eigenvalue weighted by Gasteiger charge is 2.13. The Morgan fingerprint density at radius 1 is 1.47 bits per heavy atom. The number of aliphatic carboxylic acids is 1. The van der Waals surface area contributed by atoms with E-state index in [1.807, 2.05) is 11.4 Å². The minimum absolute atomic E-state index is 0.324. The zero-order valence-corrected chi connectivity index (χ0v) is 11.0.